The summed E-state index contributed by atoms with van der Waals surface area (Å²) in [5, 5.41) is 12.0. The van der Waals surface area contributed by atoms with Crippen molar-refractivity contribution in [3.8, 4) is 0 Å². The lowest BCUT2D eigenvalue weighted by Gasteiger charge is -2.26. The van der Waals surface area contributed by atoms with Crippen molar-refractivity contribution in [2.45, 2.75) is 51.7 Å². The predicted octanol–water partition coefficient (Wildman–Crippen LogP) is 0.853. The van der Waals surface area contributed by atoms with E-state index in [0.29, 0.717) is 13.0 Å². The molecule has 25 heavy (non-hydrogen) atoms. The van der Waals surface area contributed by atoms with Crippen LogP contribution < -0.4 is 0 Å². The van der Waals surface area contributed by atoms with Gasteiger partial charge in [0.2, 0.25) is 5.91 Å². The lowest BCUT2D eigenvalue weighted by Crippen LogP contribution is -2.36. The van der Waals surface area contributed by atoms with Gasteiger partial charge in [-0.25, -0.2) is 4.68 Å². The number of morpholine rings is 1. The zero-order valence-corrected chi connectivity index (χ0v) is 15.0. The third-order valence-corrected chi connectivity index (χ3v) is 4.80. The maximum Gasteiger partial charge on any atom is 0.223 e. The number of nitrogens with zero attached hydrogens (tertiary/aromatic N) is 6. The van der Waals surface area contributed by atoms with Gasteiger partial charge in [-0.3, -0.25) is 9.69 Å². The molecule has 8 heteroatoms. The molecule has 0 aliphatic carbocycles. The fourth-order valence-electron chi connectivity index (χ4n) is 3.40. The zero-order chi connectivity index (χ0) is 17.5. The van der Waals surface area contributed by atoms with Crippen molar-refractivity contribution in [2.75, 3.05) is 32.8 Å². The number of carbonyl (C=O) groups is 1. The molecule has 0 aromatic carbocycles. The fourth-order valence-corrected chi connectivity index (χ4v) is 3.40. The van der Waals surface area contributed by atoms with Crippen LogP contribution in [0.1, 0.15) is 38.4 Å². The van der Waals surface area contributed by atoms with E-state index >= 15 is 0 Å². The number of hydrogen-bond acceptors (Lipinski definition) is 6. The van der Waals surface area contributed by atoms with Crippen molar-refractivity contribution in [1.29, 1.82) is 0 Å². The van der Waals surface area contributed by atoms with E-state index in [1.807, 2.05) is 9.58 Å². The van der Waals surface area contributed by atoms with E-state index in [1.54, 1.807) is 0 Å². The number of tetrazole rings is 1. The van der Waals surface area contributed by atoms with Crippen LogP contribution in [0.15, 0.2) is 12.2 Å². The summed E-state index contributed by atoms with van der Waals surface area (Å²) >= 11 is 0. The first-order valence-corrected chi connectivity index (χ1v) is 9.29. The Kier molecular flexibility index (Phi) is 6.52. The van der Waals surface area contributed by atoms with Crippen molar-refractivity contribution >= 4 is 5.91 Å². The van der Waals surface area contributed by atoms with Gasteiger partial charge >= 0.3 is 0 Å². The number of carbonyl (C=O) groups excluding carboxylic acids is 1. The maximum absolute atomic E-state index is 12.5. The molecule has 138 valence electrons. The molecule has 1 amide bonds. The van der Waals surface area contributed by atoms with Gasteiger partial charge in [0.25, 0.3) is 0 Å². The first-order chi connectivity index (χ1) is 12.3. The average Bonchev–Trinajstić information content (AvgIpc) is 3.26. The van der Waals surface area contributed by atoms with Crippen LogP contribution >= 0.6 is 0 Å². The van der Waals surface area contributed by atoms with Gasteiger partial charge < -0.3 is 9.64 Å². The van der Waals surface area contributed by atoms with Crippen LogP contribution in [0.5, 0.6) is 0 Å². The van der Waals surface area contributed by atoms with E-state index < -0.39 is 0 Å². The van der Waals surface area contributed by atoms with Crippen molar-refractivity contribution < 1.29 is 9.53 Å². The first kappa shape index (κ1) is 18.0. The summed E-state index contributed by atoms with van der Waals surface area (Å²) in [5.74, 6) is 1.09. The molecule has 2 aliphatic rings. The summed E-state index contributed by atoms with van der Waals surface area (Å²) in [6, 6.07) is 0.280. The molecule has 3 heterocycles. The second-order valence-electron chi connectivity index (χ2n) is 6.64. The van der Waals surface area contributed by atoms with Gasteiger partial charge in [-0.2, -0.15) is 0 Å². The van der Waals surface area contributed by atoms with Gasteiger partial charge in [0, 0.05) is 32.6 Å². The van der Waals surface area contributed by atoms with Crippen LogP contribution in [0.3, 0.4) is 0 Å². The summed E-state index contributed by atoms with van der Waals surface area (Å²) in [6.07, 6.45) is 7.69. The second kappa shape index (κ2) is 9.05. The highest BCUT2D eigenvalue weighted by molar-refractivity contribution is 5.77. The van der Waals surface area contributed by atoms with E-state index in [1.165, 1.54) is 0 Å². The third kappa shape index (κ3) is 4.85. The van der Waals surface area contributed by atoms with Crippen LogP contribution in [0.25, 0.3) is 0 Å². The average molecular weight is 348 g/mol. The van der Waals surface area contributed by atoms with Crippen LogP contribution in [0.2, 0.25) is 0 Å². The molecule has 2 aliphatic heterocycles. The van der Waals surface area contributed by atoms with Crippen LogP contribution in [0, 0.1) is 0 Å². The largest absolute Gasteiger partial charge is 0.379 e. The summed E-state index contributed by atoms with van der Waals surface area (Å²) in [6.45, 7) is 7.66. The molecule has 1 atom stereocenters. The smallest absolute Gasteiger partial charge is 0.223 e. The Balaban J connectivity index is 1.44. The number of aromatic nitrogens is 4. The molecule has 3 rings (SSSR count). The van der Waals surface area contributed by atoms with Gasteiger partial charge in [0.1, 0.15) is 0 Å². The van der Waals surface area contributed by atoms with Crippen LogP contribution in [0.4, 0.5) is 0 Å². The number of hydrogen-bond donors (Lipinski definition) is 0. The Labute approximate surface area is 148 Å². The highest BCUT2D eigenvalue weighted by Crippen LogP contribution is 2.16. The van der Waals surface area contributed by atoms with Crippen molar-refractivity contribution in [2.24, 2.45) is 0 Å². The normalized spacial score (nSPS) is 21.2. The molecule has 0 N–H and O–H groups in total. The Hall–Kier alpha value is -1.80. The predicted molar refractivity (Wildman–Crippen MR) is 92.7 cm³/mol. The molecule has 1 aromatic heterocycles. The van der Waals surface area contributed by atoms with Crippen LogP contribution in [-0.2, 0) is 22.6 Å². The lowest BCUT2D eigenvalue weighted by molar-refractivity contribution is -0.131. The zero-order valence-electron chi connectivity index (χ0n) is 15.0. The monoisotopic (exact) mass is 348 g/mol. The van der Waals surface area contributed by atoms with Gasteiger partial charge in [-0.15, -0.1) is 5.10 Å². The lowest BCUT2D eigenvalue weighted by atomic mass is 10.1. The maximum atomic E-state index is 12.5. The van der Waals surface area contributed by atoms with Gasteiger partial charge in [0.05, 0.1) is 25.8 Å². The second-order valence-corrected chi connectivity index (χ2v) is 6.64. The van der Waals surface area contributed by atoms with Gasteiger partial charge in [-0.05, 0) is 23.3 Å². The molecular formula is C17H28N6O2. The highest BCUT2D eigenvalue weighted by atomic mass is 16.5. The van der Waals surface area contributed by atoms with Crippen molar-refractivity contribution in [3.05, 3.63) is 18.0 Å². The number of rotatable bonds is 8. The van der Waals surface area contributed by atoms with Crippen LogP contribution in [-0.4, -0.2) is 74.8 Å². The van der Waals surface area contributed by atoms with Gasteiger partial charge in [0.15, 0.2) is 5.82 Å². The quantitative estimate of drug-likeness (QED) is 0.649. The Morgan fingerprint density at radius 2 is 2.20 bits per heavy atom. The summed E-state index contributed by atoms with van der Waals surface area (Å²) in [4.78, 5) is 16.7. The summed E-state index contributed by atoms with van der Waals surface area (Å²) in [5.41, 5.74) is 0. The Morgan fingerprint density at radius 1 is 1.36 bits per heavy atom. The SMILES string of the molecule is CCC[C@@H]1C=CCN1C(=O)CCCn1nnnc1CN1CCOCC1. The third-order valence-electron chi connectivity index (χ3n) is 4.80. The topological polar surface area (TPSA) is 76.4 Å². The molecule has 0 saturated carbocycles. The fraction of sp³-hybridized carbons (Fsp3) is 0.765. The number of amides is 1. The van der Waals surface area contributed by atoms with E-state index in [2.05, 4.69) is 39.5 Å². The minimum Gasteiger partial charge on any atom is -0.379 e. The summed E-state index contributed by atoms with van der Waals surface area (Å²) in [7, 11) is 0. The van der Waals surface area contributed by atoms with Crippen molar-refractivity contribution in [1.82, 2.24) is 30.0 Å². The first-order valence-electron chi connectivity index (χ1n) is 9.29. The Morgan fingerprint density at radius 3 is 3.00 bits per heavy atom. The highest BCUT2D eigenvalue weighted by Gasteiger charge is 2.23. The van der Waals surface area contributed by atoms with Crippen molar-refractivity contribution in [3.63, 3.8) is 0 Å². The van der Waals surface area contributed by atoms with E-state index in [0.717, 1.165) is 64.5 Å². The van der Waals surface area contributed by atoms with E-state index in [4.69, 9.17) is 4.74 Å². The molecule has 8 nitrogen and oxygen atoms in total. The molecule has 0 radical (unpaired) electrons. The Bertz CT molecular complexity index is 581. The number of ether oxygens (including phenoxy) is 1. The molecule has 1 saturated heterocycles. The van der Waals surface area contributed by atoms with E-state index in [-0.39, 0.29) is 11.9 Å². The number of aryl methyl sites for hydroxylation is 1. The minimum absolute atomic E-state index is 0.228. The van der Waals surface area contributed by atoms with E-state index in [9.17, 15) is 4.79 Å². The molecule has 0 bridgehead atoms. The summed E-state index contributed by atoms with van der Waals surface area (Å²) < 4.78 is 7.20. The molecule has 1 aromatic rings. The molecule has 0 spiro atoms. The molecule has 1 fully saturated rings. The standard InChI is InChI=1S/C17H28N6O2/c1-2-5-15-6-3-8-22(15)17(24)7-4-9-23-16(18-19-20-23)14-21-10-12-25-13-11-21/h3,6,15H,2,4-5,7-14H2,1H3/t15-/m1/s1. The molecule has 0 unspecified atom stereocenters. The minimum atomic E-state index is 0.228. The van der Waals surface area contributed by atoms with Gasteiger partial charge in [-0.1, -0.05) is 25.5 Å². The molecular weight excluding hydrogens is 320 g/mol.